The summed E-state index contributed by atoms with van der Waals surface area (Å²) < 4.78 is 5.56. The van der Waals surface area contributed by atoms with Gasteiger partial charge in [-0.3, -0.25) is 10.1 Å². The minimum atomic E-state index is -0.937. The SMILES string of the molecule is CCCC(C)COCC(C)(NC1CC1)C(=O)O. The van der Waals surface area contributed by atoms with E-state index in [1.165, 1.54) is 0 Å². The molecular weight excluding hydrogens is 218 g/mol. The van der Waals surface area contributed by atoms with Crippen LogP contribution in [0.25, 0.3) is 0 Å². The maximum Gasteiger partial charge on any atom is 0.326 e. The molecule has 1 saturated carbocycles. The largest absolute Gasteiger partial charge is 0.480 e. The Labute approximate surface area is 104 Å². The number of carbonyl (C=O) groups is 1. The zero-order valence-corrected chi connectivity index (χ0v) is 11.2. The minimum Gasteiger partial charge on any atom is -0.480 e. The molecule has 0 heterocycles. The van der Waals surface area contributed by atoms with E-state index >= 15 is 0 Å². The van der Waals surface area contributed by atoms with Crippen molar-refractivity contribution < 1.29 is 14.6 Å². The molecule has 0 bridgehead atoms. The predicted molar refractivity (Wildman–Crippen MR) is 67.1 cm³/mol. The van der Waals surface area contributed by atoms with Gasteiger partial charge in [-0.25, -0.2) is 0 Å². The summed E-state index contributed by atoms with van der Waals surface area (Å²) in [7, 11) is 0. The molecule has 0 radical (unpaired) electrons. The van der Waals surface area contributed by atoms with Gasteiger partial charge in [-0.05, 0) is 32.1 Å². The molecule has 2 atom stereocenters. The number of carboxylic acid groups (broad SMARTS) is 1. The van der Waals surface area contributed by atoms with E-state index in [1.54, 1.807) is 6.92 Å². The fraction of sp³-hybridized carbons (Fsp3) is 0.923. The molecule has 0 aromatic carbocycles. The van der Waals surface area contributed by atoms with Gasteiger partial charge < -0.3 is 9.84 Å². The number of aliphatic carboxylic acids is 1. The Balaban J connectivity index is 2.30. The summed E-state index contributed by atoms with van der Waals surface area (Å²) in [5.41, 5.74) is -0.937. The summed E-state index contributed by atoms with van der Waals surface area (Å²) in [6.45, 7) is 6.87. The van der Waals surface area contributed by atoms with Crippen molar-refractivity contribution in [3.05, 3.63) is 0 Å². The highest BCUT2D eigenvalue weighted by Gasteiger charge is 2.38. The molecule has 100 valence electrons. The van der Waals surface area contributed by atoms with Gasteiger partial charge in [0.1, 0.15) is 5.54 Å². The Morgan fingerprint density at radius 1 is 1.59 bits per heavy atom. The molecule has 2 unspecified atom stereocenters. The smallest absolute Gasteiger partial charge is 0.326 e. The third-order valence-electron chi connectivity index (χ3n) is 3.15. The van der Waals surface area contributed by atoms with Crippen LogP contribution in [0.3, 0.4) is 0 Å². The molecule has 0 amide bonds. The van der Waals surface area contributed by atoms with Gasteiger partial charge in [0.05, 0.1) is 6.61 Å². The van der Waals surface area contributed by atoms with Crippen molar-refractivity contribution in [3.63, 3.8) is 0 Å². The Bertz CT molecular complexity index is 253. The maximum atomic E-state index is 11.2. The van der Waals surface area contributed by atoms with Crippen LogP contribution in [0.15, 0.2) is 0 Å². The lowest BCUT2D eigenvalue weighted by atomic mass is 10.0. The molecule has 0 aliphatic heterocycles. The van der Waals surface area contributed by atoms with Crippen LogP contribution < -0.4 is 5.32 Å². The molecular formula is C13H25NO3. The first-order valence-corrected chi connectivity index (χ1v) is 6.56. The number of ether oxygens (including phenoxy) is 1. The average molecular weight is 243 g/mol. The van der Waals surface area contributed by atoms with E-state index in [9.17, 15) is 9.90 Å². The van der Waals surface area contributed by atoms with Crippen molar-refractivity contribution >= 4 is 5.97 Å². The first-order valence-electron chi connectivity index (χ1n) is 6.56. The van der Waals surface area contributed by atoms with Gasteiger partial charge in [-0.15, -0.1) is 0 Å². The van der Waals surface area contributed by atoms with Crippen LogP contribution in [0.4, 0.5) is 0 Å². The normalized spacial score (nSPS) is 20.9. The standard InChI is InChI=1S/C13H25NO3/c1-4-5-10(2)8-17-9-13(3,12(15)16)14-11-6-7-11/h10-11,14H,4-9H2,1-3H3,(H,15,16). The van der Waals surface area contributed by atoms with Gasteiger partial charge in [0.2, 0.25) is 0 Å². The third-order valence-corrected chi connectivity index (χ3v) is 3.15. The van der Waals surface area contributed by atoms with Crippen LogP contribution in [0.2, 0.25) is 0 Å². The second-order valence-corrected chi connectivity index (χ2v) is 5.46. The Morgan fingerprint density at radius 3 is 2.71 bits per heavy atom. The number of hydrogen-bond donors (Lipinski definition) is 2. The first-order chi connectivity index (χ1) is 7.98. The fourth-order valence-electron chi connectivity index (χ4n) is 1.88. The average Bonchev–Trinajstić information content (AvgIpc) is 3.01. The molecule has 1 fully saturated rings. The summed E-state index contributed by atoms with van der Waals surface area (Å²) in [5.74, 6) is -0.327. The van der Waals surface area contributed by atoms with Crippen molar-refractivity contribution in [2.45, 2.75) is 58.0 Å². The summed E-state index contributed by atoms with van der Waals surface area (Å²) in [6, 6.07) is 0.368. The van der Waals surface area contributed by atoms with Gasteiger partial charge in [0.15, 0.2) is 0 Å². The van der Waals surface area contributed by atoms with Crippen LogP contribution in [0, 0.1) is 5.92 Å². The summed E-state index contributed by atoms with van der Waals surface area (Å²) in [6.07, 6.45) is 4.42. The summed E-state index contributed by atoms with van der Waals surface area (Å²) in [5, 5.41) is 12.4. The van der Waals surface area contributed by atoms with Crippen molar-refractivity contribution in [2.24, 2.45) is 5.92 Å². The second-order valence-electron chi connectivity index (χ2n) is 5.46. The number of nitrogens with one attached hydrogen (secondary N) is 1. The molecule has 4 heteroatoms. The molecule has 1 aliphatic rings. The molecule has 0 spiro atoms. The van der Waals surface area contributed by atoms with Crippen molar-refractivity contribution in [3.8, 4) is 0 Å². The van der Waals surface area contributed by atoms with Crippen molar-refractivity contribution in [1.82, 2.24) is 5.32 Å². The zero-order valence-electron chi connectivity index (χ0n) is 11.2. The van der Waals surface area contributed by atoms with Crippen LogP contribution in [0.1, 0.15) is 46.5 Å². The van der Waals surface area contributed by atoms with E-state index < -0.39 is 11.5 Å². The quantitative estimate of drug-likeness (QED) is 0.650. The van der Waals surface area contributed by atoms with E-state index in [0.29, 0.717) is 18.6 Å². The Kier molecular flexibility index (Phi) is 5.40. The molecule has 0 aromatic heterocycles. The topological polar surface area (TPSA) is 58.6 Å². The number of rotatable bonds is 9. The zero-order chi connectivity index (χ0) is 12.9. The van der Waals surface area contributed by atoms with Gasteiger partial charge >= 0.3 is 5.97 Å². The van der Waals surface area contributed by atoms with E-state index in [1.807, 2.05) is 0 Å². The third kappa shape index (κ3) is 5.04. The van der Waals surface area contributed by atoms with Crippen LogP contribution in [-0.2, 0) is 9.53 Å². The van der Waals surface area contributed by atoms with Crippen LogP contribution in [-0.4, -0.2) is 35.9 Å². The monoisotopic (exact) mass is 243 g/mol. The van der Waals surface area contributed by atoms with E-state index in [0.717, 1.165) is 25.7 Å². The fourth-order valence-corrected chi connectivity index (χ4v) is 1.88. The molecule has 4 nitrogen and oxygen atoms in total. The number of carboxylic acids is 1. The van der Waals surface area contributed by atoms with Gasteiger partial charge in [0.25, 0.3) is 0 Å². The predicted octanol–water partition coefficient (Wildman–Crippen LogP) is 2.03. The van der Waals surface area contributed by atoms with E-state index in [-0.39, 0.29) is 6.61 Å². The molecule has 17 heavy (non-hydrogen) atoms. The Morgan fingerprint density at radius 2 is 2.24 bits per heavy atom. The molecule has 2 N–H and O–H groups in total. The highest BCUT2D eigenvalue weighted by molar-refractivity contribution is 5.78. The molecule has 0 aromatic rings. The second kappa shape index (κ2) is 6.36. The highest BCUT2D eigenvalue weighted by Crippen LogP contribution is 2.23. The maximum absolute atomic E-state index is 11.2. The Hall–Kier alpha value is -0.610. The molecule has 1 aliphatic carbocycles. The molecule has 1 rings (SSSR count). The highest BCUT2D eigenvalue weighted by atomic mass is 16.5. The van der Waals surface area contributed by atoms with Crippen molar-refractivity contribution in [2.75, 3.05) is 13.2 Å². The first kappa shape index (κ1) is 14.5. The summed E-state index contributed by atoms with van der Waals surface area (Å²) in [4.78, 5) is 11.2. The van der Waals surface area contributed by atoms with Gasteiger partial charge in [0, 0.05) is 12.6 Å². The molecule has 0 saturated heterocycles. The summed E-state index contributed by atoms with van der Waals surface area (Å²) >= 11 is 0. The number of hydrogen-bond acceptors (Lipinski definition) is 3. The lowest BCUT2D eigenvalue weighted by Gasteiger charge is -2.26. The van der Waals surface area contributed by atoms with Crippen LogP contribution >= 0.6 is 0 Å². The lowest BCUT2D eigenvalue weighted by molar-refractivity contribution is -0.147. The minimum absolute atomic E-state index is 0.243. The van der Waals surface area contributed by atoms with Gasteiger partial charge in [-0.2, -0.15) is 0 Å². The van der Waals surface area contributed by atoms with Gasteiger partial charge in [-0.1, -0.05) is 20.3 Å². The van der Waals surface area contributed by atoms with E-state index in [4.69, 9.17) is 4.74 Å². The van der Waals surface area contributed by atoms with Crippen molar-refractivity contribution in [1.29, 1.82) is 0 Å². The lowest BCUT2D eigenvalue weighted by Crippen LogP contribution is -2.54. The van der Waals surface area contributed by atoms with E-state index in [2.05, 4.69) is 19.2 Å². The van der Waals surface area contributed by atoms with Crippen LogP contribution in [0.5, 0.6) is 0 Å².